The number of hydrogen-bond donors (Lipinski definition) is 1. The molecule has 0 unspecified atom stereocenters. The molecule has 0 aliphatic rings. The Kier molecular flexibility index (Phi) is 4.53. The van der Waals surface area contributed by atoms with Crippen LogP contribution in [0.25, 0.3) is 0 Å². The minimum Gasteiger partial charge on any atom is -0.457 e. The normalized spacial score (nSPS) is 10.7. The van der Waals surface area contributed by atoms with Crippen LogP contribution in [-0.2, 0) is 6.54 Å². The smallest absolute Gasteiger partial charge is 0.131 e. The van der Waals surface area contributed by atoms with Crippen LogP contribution >= 0.6 is 0 Å². The van der Waals surface area contributed by atoms with Crippen LogP contribution in [0.2, 0.25) is 0 Å². The van der Waals surface area contributed by atoms with E-state index in [0.717, 1.165) is 17.9 Å². The zero-order valence-electron chi connectivity index (χ0n) is 11.2. The molecule has 19 heavy (non-hydrogen) atoms. The molecule has 0 amide bonds. The van der Waals surface area contributed by atoms with Crippen LogP contribution in [0.4, 0.5) is 4.39 Å². The molecule has 0 aliphatic carbocycles. The number of nitrogens with one attached hydrogen (secondary N) is 1. The topological polar surface area (TPSA) is 21.3 Å². The maximum atomic E-state index is 13.1. The van der Waals surface area contributed by atoms with E-state index in [1.807, 2.05) is 24.3 Å². The third kappa shape index (κ3) is 4.07. The summed E-state index contributed by atoms with van der Waals surface area (Å²) in [6.45, 7) is 4.91. The first kappa shape index (κ1) is 13.6. The summed E-state index contributed by atoms with van der Waals surface area (Å²) in [7, 11) is 0. The minimum atomic E-state index is -0.296. The number of benzene rings is 2. The number of rotatable bonds is 5. The standard InChI is InChI=1S/C16H18FNO/c1-12(2)18-11-13-6-3-4-9-16(13)19-15-8-5-7-14(17)10-15/h3-10,12,18H,11H2,1-2H3. The third-order valence-corrected chi connectivity index (χ3v) is 2.70. The molecule has 2 nitrogen and oxygen atoms in total. The molecule has 0 saturated heterocycles. The molecule has 1 N–H and O–H groups in total. The van der Waals surface area contributed by atoms with Gasteiger partial charge in [-0.25, -0.2) is 4.39 Å². The lowest BCUT2D eigenvalue weighted by Gasteiger charge is -2.13. The van der Waals surface area contributed by atoms with Crippen LogP contribution in [0.1, 0.15) is 19.4 Å². The Hall–Kier alpha value is -1.87. The van der Waals surface area contributed by atoms with Gasteiger partial charge in [0.15, 0.2) is 0 Å². The van der Waals surface area contributed by atoms with Crippen molar-refractivity contribution in [2.24, 2.45) is 0 Å². The first-order chi connectivity index (χ1) is 9.15. The highest BCUT2D eigenvalue weighted by Gasteiger charge is 2.05. The lowest BCUT2D eigenvalue weighted by Crippen LogP contribution is -2.22. The van der Waals surface area contributed by atoms with Gasteiger partial charge in [0.1, 0.15) is 17.3 Å². The molecule has 2 aromatic carbocycles. The number of para-hydroxylation sites is 1. The average molecular weight is 259 g/mol. The molecule has 0 radical (unpaired) electrons. The fourth-order valence-corrected chi connectivity index (χ4v) is 1.72. The fourth-order valence-electron chi connectivity index (χ4n) is 1.72. The van der Waals surface area contributed by atoms with Crippen molar-refractivity contribution in [3.8, 4) is 11.5 Å². The van der Waals surface area contributed by atoms with E-state index >= 15 is 0 Å². The summed E-state index contributed by atoms with van der Waals surface area (Å²) in [5.41, 5.74) is 1.06. The summed E-state index contributed by atoms with van der Waals surface area (Å²) >= 11 is 0. The summed E-state index contributed by atoms with van der Waals surface area (Å²) in [4.78, 5) is 0. The molecule has 0 heterocycles. The highest BCUT2D eigenvalue weighted by atomic mass is 19.1. The van der Waals surface area contributed by atoms with E-state index in [2.05, 4.69) is 19.2 Å². The SMILES string of the molecule is CC(C)NCc1ccccc1Oc1cccc(F)c1. The Morgan fingerprint density at radius 1 is 1.11 bits per heavy atom. The van der Waals surface area contributed by atoms with Gasteiger partial charge in [0.2, 0.25) is 0 Å². The number of halogens is 1. The Bertz CT molecular complexity index is 540. The number of ether oxygens (including phenoxy) is 1. The molecule has 0 bridgehead atoms. The zero-order valence-corrected chi connectivity index (χ0v) is 11.2. The summed E-state index contributed by atoms with van der Waals surface area (Å²) in [6, 6.07) is 14.3. The molecule has 3 heteroatoms. The van der Waals surface area contributed by atoms with Crippen molar-refractivity contribution in [1.29, 1.82) is 0 Å². The van der Waals surface area contributed by atoms with Gasteiger partial charge < -0.3 is 10.1 Å². The van der Waals surface area contributed by atoms with Gasteiger partial charge in [0, 0.05) is 24.2 Å². The van der Waals surface area contributed by atoms with Crippen molar-refractivity contribution >= 4 is 0 Å². The fraction of sp³-hybridized carbons (Fsp3) is 0.250. The maximum absolute atomic E-state index is 13.1. The summed E-state index contributed by atoms with van der Waals surface area (Å²) in [6.07, 6.45) is 0. The summed E-state index contributed by atoms with van der Waals surface area (Å²) in [5, 5.41) is 3.35. The predicted molar refractivity (Wildman–Crippen MR) is 74.9 cm³/mol. The van der Waals surface area contributed by atoms with E-state index in [9.17, 15) is 4.39 Å². The van der Waals surface area contributed by atoms with Crippen LogP contribution in [0.5, 0.6) is 11.5 Å². The molecular formula is C16H18FNO. The van der Waals surface area contributed by atoms with Crippen LogP contribution in [0.3, 0.4) is 0 Å². The molecule has 0 atom stereocenters. The van der Waals surface area contributed by atoms with E-state index in [4.69, 9.17) is 4.74 Å². The Morgan fingerprint density at radius 3 is 2.63 bits per heavy atom. The van der Waals surface area contributed by atoms with Crippen molar-refractivity contribution in [2.75, 3.05) is 0 Å². The van der Waals surface area contributed by atoms with Gasteiger partial charge in [0.25, 0.3) is 0 Å². The van der Waals surface area contributed by atoms with Crippen molar-refractivity contribution in [3.05, 3.63) is 59.9 Å². The molecule has 2 rings (SSSR count). The van der Waals surface area contributed by atoms with E-state index in [0.29, 0.717) is 11.8 Å². The van der Waals surface area contributed by atoms with Gasteiger partial charge in [-0.1, -0.05) is 38.1 Å². The Labute approximate surface area is 113 Å². The highest BCUT2D eigenvalue weighted by Crippen LogP contribution is 2.25. The largest absolute Gasteiger partial charge is 0.457 e. The van der Waals surface area contributed by atoms with Gasteiger partial charge >= 0.3 is 0 Å². The van der Waals surface area contributed by atoms with Crippen molar-refractivity contribution in [2.45, 2.75) is 26.4 Å². The monoisotopic (exact) mass is 259 g/mol. The average Bonchev–Trinajstić information content (AvgIpc) is 2.38. The maximum Gasteiger partial charge on any atom is 0.131 e. The van der Waals surface area contributed by atoms with Crippen LogP contribution in [-0.4, -0.2) is 6.04 Å². The molecule has 0 aromatic heterocycles. The van der Waals surface area contributed by atoms with Gasteiger partial charge in [-0.3, -0.25) is 0 Å². The predicted octanol–water partition coefficient (Wildman–Crippen LogP) is 4.12. The molecule has 0 aliphatic heterocycles. The van der Waals surface area contributed by atoms with Gasteiger partial charge in [-0.15, -0.1) is 0 Å². The first-order valence-electron chi connectivity index (χ1n) is 6.40. The summed E-state index contributed by atoms with van der Waals surface area (Å²) < 4.78 is 18.9. The molecule has 0 spiro atoms. The second-order valence-corrected chi connectivity index (χ2v) is 4.70. The minimum absolute atomic E-state index is 0.296. The third-order valence-electron chi connectivity index (χ3n) is 2.70. The van der Waals surface area contributed by atoms with Crippen molar-refractivity contribution in [1.82, 2.24) is 5.32 Å². The first-order valence-corrected chi connectivity index (χ1v) is 6.40. The highest BCUT2D eigenvalue weighted by molar-refractivity contribution is 5.37. The van der Waals surface area contributed by atoms with E-state index < -0.39 is 0 Å². The lowest BCUT2D eigenvalue weighted by atomic mass is 10.2. The van der Waals surface area contributed by atoms with Crippen LogP contribution < -0.4 is 10.1 Å². The lowest BCUT2D eigenvalue weighted by molar-refractivity contribution is 0.464. The van der Waals surface area contributed by atoms with Crippen molar-refractivity contribution in [3.63, 3.8) is 0 Å². The van der Waals surface area contributed by atoms with Gasteiger partial charge in [0.05, 0.1) is 0 Å². The molecule has 2 aromatic rings. The zero-order chi connectivity index (χ0) is 13.7. The Morgan fingerprint density at radius 2 is 1.89 bits per heavy atom. The quantitative estimate of drug-likeness (QED) is 0.872. The Balaban J connectivity index is 2.15. The molecular weight excluding hydrogens is 241 g/mol. The van der Waals surface area contributed by atoms with Crippen LogP contribution in [0, 0.1) is 5.82 Å². The van der Waals surface area contributed by atoms with Crippen molar-refractivity contribution < 1.29 is 9.13 Å². The summed E-state index contributed by atoms with van der Waals surface area (Å²) in [5.74, 6) is 0.966. The van der Waals surface area contributed by atoms with Crippen LogP contribution in [0.15, 0.2) is 48.5 Å². The van der Waals surface area contributed by atoms with E-state index in [1.165, 1.54) is 12.1 Å². The van der Waals surface area contributed by atoms with E-state index in [1.54, 1.807) is 12.1 Å². The van der Waals surface area contributed by atoms with E-state index in [-0.39, 0.29) is 5.82 Å². The van der Waals surface area contributed by atoms with Gasteiger partial charge in [-0.2, -0.15) is 0 Å². The molecule has 100 valence electrons. The number of hydrogen-bond acceptors (Lipinski definition) is 2. The molecule has 0 saturated carbocycles. The second kappa shape index (κ2) is 6.34. The second-order valence-electron chi connectivity index (χ2n) is 4.70. The van der Waals surface area contributed by atoms with Gasteiger partial charge in [-0.05, 0) is 18.2 Å². The molecule has 0 fully saturated rings.